The highest BCUT2D eigenvalue weighted by Gasteiger charge is 2.27. The maximum atomic E-state index is 5.99. The fourth-order valence-corrected chi connectivity index (χ4v) is 2.80. The summed E-state index contributed by atoms with van der Waals surface area (Å²) in [4.78, 5) is 0. The van der Waals surface area contributed by atoms with Gasteiger partial charge in [0.2, 0.25) is 0 Å². The first-order valence-electron chi connectivity index (χ1n) is 6.34. The molecule has 2 nitrogen and oxygen atoms in total. The molecule has 1 aliphatic rings. The van der Waals surface area contributed by atoms with Crippen molar-refractivity contribution in [3.8, 4) is 0 Å². The van der Waals surface area contributed by atoms with Gasteiger partial charge in [-0.05, 0) is 36.0 Å². The molecule has 0 aliphatic heterocycles. The van der Waals surface area contributed by atoms with Gasteiger partial charge in [0.15, 0.2) is 0 Å². The molecule has 0 heterocycles. The van der Waals surface area contributed by atoms with E-state index in [1.807, 2.05) is 18.2 Å². The lowest BCUT2D eigenvalue weighted by Crippen LogP contribution is -2.29. The largest absolute Gasteiger partial charge is 0.398 e. The summed E-state index contributed by atoms with van der Waals surface area (Å²) in [6, 6.07) is 5.85. The van der Waals surface area contributed by atoms with Gasteiger partial charge in [0, 0.05) is 13.1 Å². The Morgan fingerprint density at radius 3 is 2.71 bits per heavy atom. The zero-order chi connectivity index (χ0) is 12.3. The normalized spacial score (nSPS) is 18.5. The van der Waals surface area contributed by atoms with Crippen molar-refractivity contribution in [3.63, 3.8) is 0 Å². The molecule has 17 heavy (non-hydrogen) atoms. The van der Waals surface area contributed by atoms with Gasteiger partial charge in [-0.3, -0.25) is 0 Å². The minimum atomic E-state index is 0.498. The van der Waals surface area contributed by atoms with Gasteiger partial charge in [-0.15, -0.1) is 0 Å². The molecule has 1 aromatic rings. The summed E-state index contributed by atoms with van der Waals surface area (Å²) in [7, 11) is 0. The van der Waals surface area contributed by atoms with Crippen LogP contribution in [-0.2, 0) is 6.54 Å². The third kappa shape index (κ3) is 3.36. The summed E-state index contributed by atoms with van der Waals surface area (Å²) < 4.78 is 0. The number of nitrogens with two attached hydrogens (primary N) is 1. The number of nitrogens with one attached hydrogen (secondary N) is 1. The maximum Gasteiger partial charge on any atom is 0.0638 e. The minimum Gasteiger partial charge on any atom is -0.398 e. The van der Waals surface area contributed by atoms with Crippen LogP contribution in [0.2, 0.25) is 5.02 Å². The highest BCUT2D eigenvalue weighted by atomic mass is 35.5. The molecule has 0 bridgehead atoms. The average Bonchev–Trinajstić information content (AvgIpc) is 2.71. The molecule has 0 saturated heterocycles. The summed E-state index contributed by atoms with van der Waals surface area (Å²) in [6.45, 7) is 4.34. The van der Waals surface area contributed by atoms with E-state index in [1.165, 1.54) is 31.2 Å². The second-order valence-electron chi connectivity index (χ2n) is 5.48. The van der Waals surface area contributed by atoms with Crippen LogP contribution in [0.4, 0.5) is 5.69 Å². The van der Waals surface area contributed by atoms with Crippen molar-refractivity contribution in [3.05, 3.63) is 28.8 Å². The second-order valence-corrected chi connectivity index (χ2v) is 5.88. The smallest absolute Gasteiger partial charge is 0.0638 e. The van der Waals surface area contributed by atoms with Crippen molar-refractivity contribution in [1.29, 1.82) is 0 Å². The molecule has 0 radical (unpaired) electrons. The van der Waals surface area contributed by atoms with Crippen LogP contribution in [0.1, 0.15) is 38.2 Å². The van der Waals surface area contributed by atoms with Crippen LogP contribution in [0.25, 0.3) is 0 Å². The molecule has 1 saturated carbocycles. The van der Waals surface area contributed by atoms with E-state index in [0.29, 0.717) is 16.1 Å². The van der Waals surface area contributed by atoms with Gasteiger partial charge in [-0.1, -0.05) is 37.4 Å². The SMILES string of the molecule is CC1(CNCc2ccc(N)c(Cl)c2)CCCC1. The van der Waals surface area contributed by atoms with E-state index in [4.69, 9.17) is 17.3 Å². The predicted octanol–water partition coefficient (Wildman–Crippen LogP) is 3.59. The molecule has 0 spiro atoms. The fourth-order valence-electron chi connectivity index (χ4n) is 2.59. The molecule has 1 aliphatic carbocycles. The van der Waals surface area contributed by atoms with Crippen LogP contribution in [0, 0.1) is 5.41 Å². The van der Waals surface area contributed by atoms with Crippen LogP contribution in [0.5, 0.6) is 0 Å². The van der Waals surface area contributed by atoms with Gasteiger partial charge < -0.3 is 11.1 Å². The topological polar surface area (TPSA) is 38.0 Å². The quantitative estimate of drug-likeness (QED) is 0.804. The summed E-state index contributed by atoms with van der Waals surface area (Å²) in [5.41, 5.74) is 8.03. The summed E-state index contributed by atoms with van der Waals surface area (Å²) in [5, 5.41) is 4.18. The first-order chi connectivity index (χ1) is 8.09. The van der Waals surface area contributed by atoms with Gasteiger partial charge in [0.1, 0.15) is 0 Å². The van der Waals surface area contributed by atoms with E-state index in [-0.39, 0.29) is 0 Å². The average molecular weight is 253 g/mol. The highest BCUT2D eigenvalue weighted by molar-refractivity contribution is 6.33. The molecule has 0 atom stereocenters. The van der Waals surface area contributed by atoms with Crippen LogP contribution >= 0.6 is 11.6 Å². The first-order valence-corrected chi connectivity index (χ1v) is 6.71. The first kappa shape index (κ1) is 12.7. The Labute approximate surface area is 109 Å². The van der Waals surface area contributed by atoms with Gasteiger partial charge in [0.05, 0.1) is 10.7 Å². The van der Waals surface area contributed by atoms with Crippen LogP contribution < -0.4 is 11.1 Å². The Hall–Kier alpha value is -0.730. The van der Waals surface area contributed by atoms with E-state index < -0.39 is 0 Å². The Balaban J connectivity index is 1.83. The lowest BCUT2D eigenvalue weighted by Gasteiger charge is -2.23. The molecular formula is C14H21ClN2. The monoisotopic (exact) mass is 252 g/mol. The Bertz CT molecular complexity index is 384. The minimum absolute atomic E-state index is 0.498. The van der Waals surface area contributed by atoms with Gasteiger partial charge in [-0.25, -0.2) is 0 Å². The number of hydrogen-bond acceptors (Lipinski definition) is 2. The number of nitrogen functional groups attached to an aromatic ring is 1. The number of halogens is 1. The molecule has 0 unspecified atom stereocenters. The molecule has 94 valence electrons. The number of rotatable bonds is 4. The standard InChI is InChI=1S/C14H21ClN2/c1-14(6-2-3-7-14)10-17-9-11-4-5-13(16)12(15)8-11/h4-5,8,17H,2-3,6-7,9-10,16H2,1H3. The van der Waals surface area contributed by atoms with Crippen molar-refractivity contribution in [2.45, 2.75) is 39.2 Å². The van der Waals surface area contributed by atoms with E-state index in [0.717, 1.165) is 13.1 Å². The fraction of sp³-hybridized carbons (Fsp3) is 0.571. The Morgan fingerprint density at radius 1 is 1.35 bits per heavy atom. The Kier molecular flexibility index (Phi) is 3.95. The van der Waals surface area contributed by atoms with Gasteiger partial charge >= 0.3 is 0 Å². The van der Waals surface area contributed by atoms with Crippen molar-refractivity contribution in [1.82, 2.24) is 5.32 Å². The third-order valence-corrected chi connectivity index (χ3v) is 4.08. The zero-order valence-electron chi connectivity index (χ0n) is 10.4. The number of benzene rings is 1. The molecule has 0 amide bonds. The van der Waals surface area contributed by atoms with Crippen molar-refractivity contribution < 1.29 is 0 Å². The molecular weight excluding hydrogens is 232 g/mol. The predicted molar refractivity (Wildman–Crippen MR) is 74.1 cm³/mol. The van der Waals surface area contributed by atoms with E-state index >= 15 is 0 Å². The maximum absolute atomic E-state index is 5.99. The lowest BCUT2D eigenvalue weighted by molar-refractivity contribution is 0.314. The van der Waals surface area contributed by atoms with Crippen LogP contribution in [-0.4, -0.2) is 6.54 Å². The van der Waals surface area contributed by atoms with E-state index in [1.54, 1.807) is 0 Å². The van der Waals surface area contributed by atoms with Crippen molar-refractivity contribution in [2.24, 2.45) is 5.41 Å². The van der Waals surface area contributed by atoms with Crippen molar-refractivity contribution >= 4 is 17.3 Å². The molecule has 1 aromatic carbocycles. The third-order valence-electron chi connectivity index (χ3n) is 3.76. The molecule has 1 fully saturated rings. The molecule has 3 heteroatoms. The van der Waals surface area contributed by atoms with Crippen molar-refractivity contribution in [2.75, 3.05) is 12.3 Å². The summed E-state index contributed by atoms with van der Waals surface area (Å²) >= 11 is 5.99. The molecule has 0 aromatic heterocycles. The zero-order valence-corrected chi connectivity index (χ0v) is 11.2. The van der Waals surface area contributed by atoms with Crippen LogP contribution in [0.3, 0.4) is 0 Å². The van der Waals surface area contributed by atoms with E-state index in [2.05, 4.69) is 12.2 Å². The molecule has 2 rings (SSSR count). The summed E-state index contributed by atoms with van der Waals surface area (Å²) in [6.07, 6.45) is 5.46. The van der Waals surface area contributed by atoms with Gasteiger partial charge in [-0.2, -0.15) is 0 Å². The number of hydrogen-bond donors (Lipinski definition) is 2. The number of anilines is 1. The molecule has 3 N–H and O–H groups in total. The lowest BCUT2D eigenvalue weighted by atomic mass is 9.89. The van der Waals surface area contributed by atoms with Gasteiger partial charge in [0.25, 0.3) is 0 Å². The van der Waals surface area contributed by atoms with E-state index in [9.17, 15) is 0 Å². The Morgan fingerprint density at radius 2 is 2.06 bits per heavy atom. The van der Waals surface area contributed by atoms with Crippen LogP contribution in [0.15, 0.2) is 18.2 Å². The summed E-state index contributed by atoms with van der Waals surface area (Å²) in [5.74, 6) is 0. The second kappa shape index (κ2) is 5.28. The highest BCUT2D eigenvalue weighted by Crippen LogP contribution is 2.36.